The Morgan fingerprint density at radius 1 is 1.25 bits per heavy atom. The van der Waals surface area contributed by atoms with Crippen LogP contribution in [0.5, 0.6) is 0 Å². The number of hydrogen-bond donors (Lipinski definition) is 1. The first-order chi connectivity index (χ1) is 9.15. The summed E-state index contributed by atoms with van der Waals surface area (Å²) >= 11 is 0. The maximum absolute atomic E-state index is 12.1. The summed E-state index contributed by atoms with van der Waals surface area (Å²) in [7, 11) is -4.47. The van der Waals surface area contributed by atoms with Gasteiger partial charge in [-0.05, 0) is 24.3 Å². The van der Waals surface area contributed by atoms with Crippen LogP contribution in [0.3, 0.4) is 0 Å². The van der Waals surface area contributed by atoms with Crippen molar-refractivity contribution in [1.82, 2.24) is 5.32 Å². The molecule has 1 amide bonds. The third-order valence-electron chi connectivity index (χ3n) is 2.18. The average molecular weight is 305 g/mol. The van der Waals surface area contributed by atoms with Crippen LogP contribution in [0.15, 0.2) is 29.2 Å². The van der Waals surface area contributed by atoms with Crippen LogP contribution in [0.4, 0.5) is 13.2 Å². The SMILES string of the molecule is C#CCNC(=O)c1ccc(S(=O)(=O)CC(F)(F)F)cc1. The standard InChI is InChI=1S/C12H10F3NO3S/c1-2-7-16-11(17)9-3-5-10(6-4-9)20(18,19)8-12(13,14)15/h1,3-6H,7-8H2,(H,16,17). The van der Waals surface area contributed by atoms with Gasteiger partial charge in [-0.2, -0.15) is 13.2 Å². The largest absolute Gasteiger partial charge is 0.403 e. The molecule has 0 aromatic heterocycles. The fourth-order valence-electron chi connectivity index (χ4n) is 1.35. The number of alkyl halides is 3. The predicted octanol–water partition coefficient (Wildman–Crippen LogP) is 1.39. The number of benzene rings is 1. The Morgan fingerprint density at radius 3 is 2.25 bits per heavy atom. The second-order valence-corrected chi connectivity index (χ2v) is 5.78. The van der Waals surface area contributed by atoms with E-state index in [-0.39, 0.29) is 12.1 Å². The minimum Gasteiger partial charge on any atom is -0.341 e. The lowest BCUT2D eigenvalue weighted by atomic mass is 10.2. The van der Waals surface area contributed by atoms with E-state index in [0.717, 1.165) is 24.3 Å². The maximum atomic E-state index is 12.1. The van der Waals surface area contributed by atoms with Crippen LogP contribution in [0.1, 0.15) is 10.4 Å². The second kappa shape index (κ2) is 5.96. The topological polar surface area (TPSA) is 63.2 Å². The van der Waals surface area contributed by atoms with Gasteiger partial charge in [-0.3, -0.25) is 4.79 Å². The fourth-order valence-corrected chi connectivity index (χ4v) is 2.49. The molecule has 0 saturated heterocycles. The number of sulfone groups is 1. The summed E-state index contributed by atoms with van der Waals surface area (Å²) in [4.78, 5) is 11.0. The van der Waals surface area contributed by atoms with Gasteiger partial charge in [-0.1, -0.05) is 5.92 Å². The number of carbonyl (C=O) groups is 1. The van der Waals surface area contributed by atoms with Crippen LogP contribution in [0.25, 0.3) is 0 Å². The Morgan fingerprint density at radius 2 is 1.80 bits per heavy atom. The van der Waals surface area contributed by atoms with E-state index in [1.165, 1.54) is 0 Å². The third kappa shape index (κ3) is 4.59. The van der Waals surface area contributed by atoms with E-state index in [4.69, 9.17) is 6.42 Å². The zero-order chi connectivity index (χ0) is 15.4. The molecule has 0 aliphatic rings. The van der Waals surface area contributed by atoms with Gasteiger partial charge in [0.15, 0.2) is 15.6 Å². The molecule has 1 aromatic rings. The number of carbonyl (C=O) groups excluding carboxylic acids is 1. The van der Waals surface area contributed by atoms with Crippen LogP contribution in [0, 0.1) is 12.3 Å². The normalized spacial score (nSPS) is 11.7. The van der Waals surface area contributed by atoms with Crippen molar-refractivity contribution in [2.24, 2.45) is 0 Å². The molecule has 0 bridgehead atoms. The molecular formula is C12H10F3NO3S. The van der Waals surface area contributed by atoms with E-state index in [0.29, 0.717) is 0 Å². The fraction of sp³-hybridized carbons (Fsp3) is 0.250. The van der Waals surface area contributed by atoms with Gasteiger partial charge in [0.05, 0.1) is 11.4 Å². The van der Waals surface area contributed by atoms with E-state index < -0.39 is 32.6 Å². The highest BCUT2D eigenvalue weighted by Crippen LogP contribution is 2.22. The quantitative estimate of drug-likeness (QED) is 0.855. The van der Waals surface area contributed by atoms with Gasteiger partial charge in [-0.25, -0.2) is 8.42 Å². The lowest BCUT2D eigenvalue weighted by molar-refractivity contribution is -0.106. The highest BCUT2D eigenvalue weighted by atomic mass is 32.2. The molecule has 8 heteroatoms. The smallest absolute Gasteiger partial charge is 0.341 e. The Hall–Kier alpha value is -2.01. The predicted molar refractivity (Wildman–Crippen MR) is 65.7 cm³/mol. The summed E-state index contributed by atoms with van der Waals surface area (Å²) < 4.78 is 59.3. The summed E-state index contributed by atoms with van der Waals surface area (Å²) in [6.45, 7) is -0.00699. The number of halogens is 3. The Bertz CT molecular complexity index is 627. The van der Waals surface area contributed by atoms with Crippen LogP contribution in [-0.2, 0) is 9.84 Å². The Kier molecular flexibility index (Phi) is 4.78. The van der Waals surface area contributed by atoms with Crippen LogP contribution < -0.4 is 5.32 Å². The maximum Gasteiger partial charge on any atom is 0.403 e. The van der Waals surface area contributed by atoms with Gasteiger partial charge in [0.2, 0.25) is 0 Å². The van der Waals surface area contributed by atoms with Crippen LogP contribution >= 0.6 is 0 Å². The van der Waals surface area contributed by atoms with Gasteiger partial charge >= 0.3 is 6.18 Å². The van der Waals surface area contributed by atoms with Gasteiger partial charge in [0.1, 0.15) is 0 Å². The van der Waals surface area contributed by atoms with E-state index in [9.17, 15) is 26.4 Å². The Balaban J connectivity index is 2.92. The van der Waals surface area contributed by atoms with E-state index in [2.05, 4.69) is 11.2 Å². The van der Waals surface area contributed by atoms with Gasteiger partial charge < -0.3 is 5.32 Å². The van der Waals surface area contributed by atoms with Gasteiger partial charge in [0.25, 0.3) is 5.91 Å². The van der Waals surface area contributed by atoms with Crippen molar-refractivity contribution in [2.45, 2.75) is 11.1 Å². The third-order valence-corrected chi connectivity index (χ3v) is 3.88. The lowest BCUT2D eigenvalue weighted by Crippen LogP contribution is -2.24. The zero-order valence-electron chi connectivity index (χ0n) is 10.1. The van der Waals surface area contributed by atoms with E-state index >= 15 is 0 Å². The summed E-state index contributed by atoms with van der Waals surface area (Å²) in [5, 5.41) is 2.34. The highest BCUT2D eigenvalue weighted by molar-refractivity contribution is 7.91. The Labute approximate surface area is 113 Å². The van der Waals surface area contributed by atoms with Crippen molar-refractivity contribution in [3.8, 4) is 12.3 Å². The monoisotopic (exact) mass is 305 g/mol. The zero-order valence-corrected chi connectivity index (χ0v) is 10.9. The molecule has 0 spiro atoms. The minimum absolute atomic E-state index is 0.00699. The molecule has 1 aromatic carbocycles. The molecule has 1 N–H and O–H groups in total. The molecule has 0 heterocycles. The summed E-state index contributed by atoms with van der Waals surface area (Å²) in [5.74, 6) is -0.304. The first-order valence-corrected chi connectivity index (χ1v) is 6.92. The molecule has 108 valence electrons. The highest BCUT2D eigenvalue weighted by Gasteiger charge is 2.35. The average Bonchev–Trinajstić information content (AvgIpc) is 2.33. The number of terminal acetylenes is 1. The van der Waals surface area contributed by atoms with Crippen molar-refractivity contribution < 1.29 is 26.4 Å². The lowest BCUT2D eigenvalue weighted by Gasteiger charge is -2.08. The van der Waals surface area contributed by atoms with Crippen LogP contribution in [-0.4, -0.2) is 32.8 Å². The molecule has 4 nitrogen and oxygen atoms in total. The molecule has 0 atom stereocenters. The summed E-state index contributed by atoms with van der Waals surface area (Å²) in [5.41, 5.74) is 0.103. The number of amides is 1. The van der Waals surface area contributed by atoms with E-state index in [1.807, 2.05) is 0 Å². The molecule has 0 aliphatic carbocycles. The van der Waals surface area contributed by atoms with Crippen molar-refractivity contribution in [2.75, 3.05) is 12.3 Å². The first kappa shape index (κ1) is 16.0. The molecule has 0 aliphatic heterocycles. The minimum atomic E-state index is -4.82. The summed E-state index contributed by atoms with van der Waals surface area (Å²) in [6, 6.07) is 4.14. The first-order valence-electron chi connectivity index (χ1n) is 5.27. The molecule has 0 radical (unpaired) electrons. The van der Waals surface area contributed by atoms with Crippen LogP contribution in [0.2, 0.25) is 0 Å². The second-order valence-electron chi connectivity index (χ2n) is 3.79. The molecule has 0 fully saturated rings. The van der Waals surface area contributed by atoms with Crippen molar-refractivity contribution in [3.05, 3.63) is 29.8 Å². The number of hydrogen-bond acceptors (Lipinski definition) is 3. The van der Waals surface area contributed by atoms with Crippen molar-refractivity contribution >= 4 is 15.7 Å². The van der Waals surface area contributed by atoms with E-state index in [1.54, 1.807) is 0 Å². The van der Waals surface area contributed by atoms with Crippen molar-refractivity contribution in [1.29, 1.82) is 0 Å². The molecule has 1 rings (SSSR count). The summed E-state index contributed by atoms with van der Waals surface area (Å²) in [6.07, 6.45) is 0.126. The molecule has 0 unspecified atom stereocenters. The molecule has 0 saturated carbocycles. The number of rotatable bonds is 4. The number of nitrogens with one attached hydrogen (secondary N) is 1. The van der Waals surface area contributed by atoms with Gasteiger partial charge in [0, 0.05) is 5.56 Å². The van der Waals surface area contributed by atoms with Gasteiger partial charge in [-0.15, -0.1) is 6.42 Å². The molecule has 20 heavy (non-hydrogen) atoms. The van der Waals surface area contributed by atoms with Crippen molar-refractivity contribution in [3.63, 3.8) is 0 Å². The molecular weight excluding hydrogens is 295 g/mol.